The molecular formula is C24H34N4O2. The summed E-state index contributed by atoms with van der Waals surface area (Å²) < 4.78 is 5.46. The normalized spacial score (nSPS) is 11.2. The summed E-state index contributed by atoms with van der Waals surface area (Å²) in [5.41, 5.74) is 2.88. The molecule has 0 fully saturated rings. The van der Waals surface area contributed by atoms with E-state index in [1.165, 1.54) is 0 Å². The lowest BCUT2D eigenvalue weighted by Crippen LogP contribution is -2.38. The summed E-state index contributed by atoms with van der Waals surface area (Å²) in [5.74, 6) is 1.76. The highest BCUT2D eigenvalue weighted by molar-refractivity contribution is 5.94. The molecule has 0 aliphatic rings. The Labute approximate surface area is 180 Å². The number of guanidine groups is 1. The molecule has 0 aromatic heterocycles. The van der Waals surface area contributed by atoms with Crippen molar-refractivity contribution in [1.82, 2.24) is 15.1 Å². The van der Waals surface area contributed by atoms with Crippen molar-refractivity contribution in [3.8, 4) is 5.75 Å². The third kappa shape index (κ3) is 6.24. The van der Waals surface area contributed by atoms with Crippen LogP contribution in [0.4, 0.5) is 0 Å². The fourth-order valence-electron chi connectivity index (χ4n) is 3.25. The highest BCUT2D eigenvalue weighted by atomic mass is 16.5. The van der Waals surface area contributed by atoms with Gasteiger partial charge in [-0.25, -0.2) is 4.99 Å². The molecule has 0 heterocycles. The number of nitrogens with zero attached hydrogens (tertiary/aromatic N) is 3. The lowest BCUT2D eigenvalue weighted by molar-refractivity contribution is 0.0773. The van der Waals surface area contributed by atoms with Crippen LogP contribution in [0.3, 0.4) is 0 Å². The Morgan fingerprint density at radius 2 is 1.70 bits per heavy atom. The number of nitrogens with one attached hydrogen (secondary N) is 1. The van der Waals surface area contributed by atoms with E-state index in [0.717, 1.165) is 29.4 Å². The Morgan fingerprint density at radius 1 is 1.03 bits per heavy atom. The molecule has 0 saturated heterocycles. The van der Waals surface area contributed by atoms with Gasteiger partial charge in [0.15, 0.2) is 5.96 Å². The summed E-state index contributed by atoms with van der Waals surface area (Å²) in [4.78, 5) is 21.1. The average molecular weight is 411 g/mol. The van der Waals surface area contributed by atoms with E-state index in [-0.39, 0.29) is 5.91 Å². The molecule has 30 heavy (non-hydrogen) atoms. The number of benzene rings is 2. The first-order chi connectivity index (χ1) is 14.5. The first-order valence-corrected chi connectivity index (χ1v) is 10.5. The van der Waals surface area contributed by atoms with Crippen LogP contribution in [0.1, 0.15) is 42.3 Å². The lowest BCUT2D eigenvalue weighted by atomic mass is 10.1. The number of ether oxygens (including phenoxy) is 1. The van der Waals surface area contributed by atoms with E-state index in [1.807, 2.05) is 68.3 Å². The lowest BCUT2D eigenvalue weighted by Gasteiger charge is -2.23. The fraction of sp³-hybridized carbons (Fsp3) is 0.417. The molecule has 162 valence electrons. The zero-order valence-corrected chi connectivity index (χ0v) is 18.8. The van der Waals surface area contributed by atoms with E-state index in [4.69, 9.17) is 9.73 Å². The number of carbonyl (C=O) groups excluding carboxylic acids is 1. The second kappa shape index (κ2) is 11.9. The van der Waals surface area contributed by atoms with Gasteiger partial charge in [0.05, 0.1) is 13.7 Å². The summed E-state index contributed by atoms with van der Waals surface area (Å²) in [6, 6.07) is 15.7. The second-order valence-electron chi connectivity index (χ2n) is 7.01. The summed E-state index contributed by atoms with van der Waals surface area (Å²) in [6.45, 7) is 9.48. The maximum atomic E-state index is 12.5. The van der Waals surface area contributed by atoms with Gasteiger partial charge >= 0.3 is 0 Å². The van der Waals surface area contributed by atoms with Crippen LogP contribution >= 0.6 is 0 Å². The van der Waals surface area contributed by atoms with Gasteiger partial charge in [0.1, 0.15) is 5.75 Å². The maximum absolute atomic E-state index is 12.5. The number of carbonyl (C=O) groups is 1. The first-order valence-electron chi connectivity index (χ1n) is 10.5. The van der Waals surface area contributed by atoms with E-state index >= 15 is 0 Å². The van der Waals surface area contributed by atoms with E-state index in [9.17, 15) is 4.79 Å². The number of methoxy groups -OCH3 is 1. The number of amides is 1. The van der Waals surface area contributed by atoms with Crippen LogP contribution in [0.15, 0.2) is 53.5 Å². The zero-order chi connectivity index (χ0) is 21.9. The van der Waals surface area contributed by atoms with Crippen molar-refractivity contribution >= 4 is 11.9 Å². The summed E-state index contributed by atoms with van der Waals surface area (Å²) in [5, 5.41) is 3.34. The van der Waals surface area contributed by atoms with Crippen LogP contribution in [0.25, 0.3) is 0 Å². The topological polar surface area (TPSA) is 57.2 Å². The minimum absolute atomic E-state index is 0.0694. The average Bonchev–Trinajstić information content (AvgIpc) is 2.78. The molecule has 2 rings (SSSR count). The zero-order valence-electron chi connectivity index (χ0n) is 18.8. The van der Waals surface area contributed by atoms with Gasteiger partial charge in [-0.1, -0.05) is 30.3 Å². The standard InChI is InChI=1S/C24H34N4O2/c1-6-25-24(27(4)18-21-11-9-10-12-22(21)30-5)26-17-19-13-15-20(16-14-19)23(29)28(7-2)8-3/h9-16H,6-8,17-18H2,1-5H3,(H,25,26). The van der Waals surface area contributed by atoms with Gasteiger partial charge in [0.2, 0.25) is 0 Å². The monoisotopic (exact) mass is 410 g/mol. The van der Waals surface area contributed by atoms with Gasteiger partial charge in [-0.15, -0.1) is 0 Å². The van der Waals surface area contributed by atoms with Crippen LogP contribution in [0.2, 0.25) is 0 Å². The largest absolute Gasteiger partial charge is 0.496 e. The number of rotatable bonds is 9. The molecule has 0 atom stereocenters. The summed E-state index contributed by atoms with van der Waals surface area (Å²) >= 11 is 0. The van der Waals surface area contributed by atoms with Crippen molar-refractivity contribution in [2.45, 2.75) is 33.9 Å². The first kappa shape index (κ1) is 23.3. The van der Waals surface area contributed by atoms with Crippen molar-refractivity contribution in [3.05, 3.63) is 65.2 Å². The molecule has 0 aliphatic heterocycles. The molecule has 0 radical (unpaired) electrons. The van der Waals surface area contributed by atoms with Gasteiger partial charge in [0.25, 0.3) is 5.91 Å². The molecule has 1 amide bonds. The Bertz CT molecular complexity index is 829. The third-order valence-corrected chi connectivity index (χ3v) is 4.96. The fourth-order valence-corrected chi connectivity index (χ4v) is 3.25. The quantitative estimate of drug-likeness (QED) is 0.505. The molecule has 6 nitrogen and oxygen atoms in total. The highest BCUT2D eigenvalue weighted by Gasteiger charge is 2.12. The molecule has 2 aromatic carbocycles. The molecular weight excluding hydrogens is 376 g/mol. The molecule has 0 spiro atoms. The summed E-state index contributed by atoms with van der Waals surface area (Å²) in [7, 11) is 3.70. The SMILES string of the molecule is CCNC(=NCc1ccc(C(=O)N(CC)CC)cc1)N(C)Cc1ccccc1OC. The van der Waals surface area contributed by atoms with Crippen molar-refractivity contribution in [2.75, 3.05) is 33.8 Å². The predicted molar refractivity (Wildman–Crippen MR) is 123 cm³/mol. The number of hydrogen-bond acceptors (Lipinski definition) is 3. The molecule has 6 heteroatoms. The van der Waals surface area contributed by atoms with E-state index in [1.54, 1.807) is 7.11 Å². The van der Waals surface area contributed by atoms with Crippen LogP contribution in [-0.4, -0.2) is 55.5 Å². The molecule has 0 aliphatic carbocycles. The predicted octanol–water partition coefficient (Wildman–Crippen LogP) is 3.77. The Morgan fingerprint density at radius 3 is 2.30 bits per heavy atom. The maximum Gasteiger partial charge on any atom is 0.253 e. The smallest absolute Gasteiger partial charge is 0.253 e. The van der Waals surface area contributed by atoms with Crippen molar-refractivity contribution in [2.24, 2.45) is 4.99 Å². The van der Waals surface area contributed by atoms with E-state index in [0.29, 0.717) is 31.7 Å². The molecule has 0 bridgehead atoms. The number of aliphatic imine (C=N–C) groups is 1. The second-order valence-corrected chi connectivity index (χ2v) is 7.01. The van der Waals surface area contributed by atoms with Gasteiger partial charge in [-0.05, 0) is 44.5 Å². The number of para-hydroxylation sites is 1. The van der Waals surface area contributed by atoms with Gasteiger partial charge in [-0.3, -0.25) is 4.79 Å². The highest BCUT2D eigenvalue weighted by Crippen LogP contribution is 2.19. The molecule has 0 saturated carbocycles. The number of hydrogen-bond donors (Lipinski definition) is 1. The Kier molecular flexibility index (Phi) is 9.19. The molecule has 0 unspecified atom stereocenters. The van der Waals surface area contributed by atoms with Crippen molar-refractivity contribution < 1.29 is 9.53 Å². The van der Waals surface area contributed by atoms with Crippen LogP contribution < -0.4 is 10.1 Å². The Hall–Kier alpha value is -3.02. The molecule has 1 N–H and O–H groups in total. The van der Waals surface area contributed by atoms with Crippen molar-refractivity contribution in [3.63, 3.8) is 0 Å². The third-order valence-electron chi connectivity index (χ3n) is 4.96. The van der Waals surface area contributed by atoms with Gasteiger partial charge in [-0.2, -0.15) is 0 Å². The van der Waals surface area contributed by atoms with Crippen LogP contribution in [0.5, 0.6) is 5.75 Å². The van der Waals surface area contributed by atoms with Crippen LogP contribution in [-0.2, 0) is 13.1 Å². The Balaban J connectivity index is 2.09. The van der Waals surface area contributed by atoms with E-state index in [2.05, 4.69) is 23.2 Å². The van der Waals surface area contributed by atoms with Crippen LogP contribution in [0, 0.1) is 0 Å². The summed E-state index contributed by atoms with van der Waals surface area (Å²) in [6.07, 6.45) is 0. The van der Waals surface area contributed by atoms with Crippen molar-refractivity contribution in [1.29, 1.82) is 0 Å². The van der Waals surface area contributed by atoms with E-state index < -0.39 is 0 Å². The van der Waals surface area contributed by atoms with Gasteiger partial charge in [0, 0.05) is 44.4 Å². The molecule has 2 aromatic rings. The minimum atomic E-state index is 0.0694. The minimum Gasteiger partial charge on any atom is -0.496 e. The van der Waals surface area contributed by atoms with Gasteiger partial charge < -0.3 is 19.9 Å².